The van der Waals surface area contributed by atoms with Crippen LogP contribution in [0.3, 0.4) is 0 Å². The second-order valence-electron chi connectivity index (χ2n) is 4.47. The summed E-state index contributed by atoms with van der Waals surface area (Å²) in [4.78, 5) is 0. The quantitative estimate of drug-likeness (QED) is 0.682. The van der Waals surface area contributed by atoms with E-state index in [1.807, 2.05) is 11.6 Å². The van der Waals surface area contributed by atoms with Crippen LogP contribution in [0, 0.1) is 5.92 Å². The number of aryl methyl sites for hydroxylation is 1. The highest BCUT2D eigenvalue weighted by molar-refractivity contribution is 4.97. The predicted octanol–water partition coefficient (Wildman–Crippen LogP) is 0.900. The van der Waals surface area contributed by atoms with Gasteiger partial charge in [0.1, 0.15) is 6.10 Å². The molecule has 1 aromatic heterocycles. The van der Waals surface area contributed by atoms with Crippen LogP contribution in [0.25, 0.3) is 0 Å². The van der Waals surface area contributed by atoms with E-state index >= 15 is 0 Å². The number of nitrogens with zero attached hydrogens (tertiary/aromatic N) is 4. The average Bonchev–Trinajstić information content (AvgIpc) is 3.07. The Bertz CT molecular complexity index is 336. The van der Waals surface area contributed by atoms with Crippen molar-refractivity contribution in [3.05, 3.63) is 5.82 Å². The van der Waals surface area contributed by atoms with E-state index in [0.29, 0.717) is 12.5 Å². The molecule has 0 spiro atoms. The van der Waals surface area contributed by atoms with Gasteiger partial charge in [0.25, 0.3) is 0 Å². The number of hydrogen-bond donors (Lipinski definition) is 1. The first-order chi connectivity index (χ1) is 8.36. The first kappa shape index (κ1) is 12.4. The van der Waals surface area contributed by atoms with Gasteiger partial charge >= 0.3 is 0 Å². The van der Waals surface area contributed by atoms with Crippen LogP contribution in [0.5, 0.6) is 0 Å². The second-order valence-corrected chi connectivity index (χ2v) is 4.47. The summed E-state index contributed by atoms with van der Waals surface area (Å²) in [5.74, 6) is 1.49. The smallest absolute Gasteiger partial charge is 0.180 e. The number of rotatable bonds is 8. The molecular weight excluding hydrogens is 218 g/mol. The van der Waals surface area contributed by atoms with Gasteiger partial charge in [-0.15, -0.1) is 5.10 Å². The molecule has 1 aliphatic carbocycles. The molecule has 2 rings (SSSR count). The Morgan fingerprint density at radius 2 is 2.29 bits per heavy atom. The molecule has 17 heavy (non-hydrogen) atoms. The number of hydrogen-bond acceptors (Lipinski definition) is 5. The minimum absolute atomic E-state index is 0.0767. The van der Waals surface area contributed by atoms with Crippen molar-refractivity contribution in [2.45, 2.75) is 45.3 Å². The highest BCUT2D eigenvalue weighted by atomic mass is 16.5. The zero-order valence-electron chi connectivity index (χ0n) is 10.4. The van der Waals surface area contributed by atoms with Crippen LogP contribution in [0.15, 0.2) is 0 Å². The van der Waals surface area contributed by atoms with Gasteiger partial charge in [0, 0.05) is 13.2 Å². The van der Waals surface area contributed by atoms with Gasteiger partial charge in [0.15, 0.2) is 5.82 Å². The van der Waals surface area contributed by atoms with Crippen LogP contribution in [-0.4, -0.2) is 33.4 Å². The van der Waals surface area contributed by atoms with E-state index in [9.17, 15) is 0 Å². The van der Waals surface area contributed by atoms with Gasteiger partial charge < -0.3 is 10.5 Å². The summed E-state index contributed by atoms with van der Waals surface area (Å²) >= 11 is 0. The molecule has 0 aromatic carbocycles. The van der Waals surface area contributed by atoms with Gasteiger partial charge in [-0.1, -0.05) is 0 Å². The number of nitrogens with two attached hydrogens (primary N) is 1. The van der Waals surface area contributed by atoms with Crippen LogP contribution < -0.4 is 5.73 Å². The van der Waals surface area contributed by atoms with Crippen molar-refractivity contribution < 1.29 is 4.74 Å². The van der Waals surface area contributed by atoms with Gasteiger partial charge in [-0.3, -0.25) is 0 Å². The molecule has 0 saturated heterocycles. The van der Waals surface area contributed by atoms with Gasteiger partial charge in [0.2, 0.25) is 0 Å². The summed E-state index contributed by atoms with van der Waals surface area (Å²) in [6.07, 6.45) is 4.54. The van der Waals surface area contributed by atoms with Crippen LogP contribution >= 0.6 is 0 Å². The molecule has 1 unspecified atom stereocenters. The van der Waals surface area contributed by atoms with E-state index in [2.05, 4.69) is 15.5 Å². The van der Waals surface area contributed by atoms with E-state index in [-0.39, 0.29) is 6.10 Å². The van der Waals surface area contributed by atoms with Gasteiger partial charge in [0.05, 0.1) is 0 Å². The van der Waals surface area contributed by atoms with Crippen molar-refractivity contribution in [2.75, 3.05) is 13.2 Å². The summed E-state index contributed by atoms with van der Waals surface area (Å²) < 4.78 is 7.64. The maximum Gasteiger partial charge on any atom is 0.180 e. The Morgan fingerprint density at radius 1 is 1.47 bits per heavy atom. The van der Waals surface area contributed by atoms with Gasteiger partial charge in [-0.2, -0.15) is 0 Å². The molecule has 1 saturated carbocycles. The Balaban J connectivity index is 1.99. The maximum absolute atomic E-state index is 5.77. The molecule has 2 N–H and O–H groups in total. The molecule has 1 atom stereocenters. The molecule has 6 nitrogen and oxygen atoms in total. The van der Waals surface area contributed by atoms with Crippen molar-refractivity contribution >= 4 is 0 Å². The van der Waals surface area contributed by atoms with Crippen molar-refractivity contribution in [3.8, 4) is 0 Å². The van der Waals surface area contributed by atoms with Crippen molar-refractivity contribution in [3.63, 3.8) is 0 Å². The molecule has 0 amide bonds. The lowest BCUT2D eigenvalue weighted by molar-refractivity contribution is 0.0365. The number of aromatic nitrogens is 4. The van der Waals surface area contributed by atoms with Crippen LogP contribution in [0.4, 0.5) is 0 Å². The lowest BCUT2D eigenvalue weighted by atomic mass is 10.2. The number of unbranched alkanes of at least 4 members (excludes halogenated alkanes) is 1. The molecule has 1 fully saturated rings. The topological polar surface area (TPSA) is 78.9 Å². The molecule has 0 radical (unpaired) electrons. The maximum atomic E-state index is 5.77. The molecule has 1 heterocycles. The number of ether oxygens (including phenoxy) is 1. The fourth-order valence-electron chi connectivity index (χ4n) is 1.98. The highest BCUT2D eigenvalue weighted by Crippen LogP contribution is 2.42. The second kappa shape index (κ2) is 6.07. The zero-order chi connectivity index (χ0) is 12.1. The summed E-state index contributed by atoms with van der Waals surface area (Å²) in [6.45, 7) is 4.26. The zero-order valence-corrected chi connectivity index (χ0v) is 10.4. The molecule has 1 aromatic rings. The number of tetrazole rings is 1. The van der Waals surface area contributed by atoms with Gasteiger partial charge in [-0.25, -0.2) is 4.68 Å². The lowest BCUT2D eigenvalue weighted by Crippen LogP contribution is -2.15. The monoisotopic (exact) mass is 239 g/mol. The van der Waals surface area contributed by atoms with Crippen LogP contribution in [-0.2, 0) is 11.3 Å². The first-order valence-electron chi connectivity index (χ1n) is 6.44. The lowest BCUT2D eigenvalue weighted by Gasteiger charge is -2.15. The van der Waals surface area contributed by atoms with E-state index in [1.165, 1.54) is 12.8 Å². The molecule has 1 aliphatic rings. The van der Waals surface area contributed by atoms with Crippen LogP contribution in [0.2, 0.25) is 0 Å². The molecule has 96 valence electrons. The standard InChI is InChI=1S/C11H21N5O/c1-2-17-10(9-5-6-9)11-13-14-15-16(11)8-4-3-7-12/h9-10H,2-8,12H2,1H3. The van der Waals surface area contributed by atoms with Crippen molar-refractivity contribution in [2.24, 2.45) is 11.7 Å². The minimum Gasteiger partial charge on any atom is -0.370 e. The Labute approximate surface area is 102 Å². The van der Waals surface area contributed by atoms with E-state index in [4.69, 9.17) is 10.5 Å². The summed E-state index contributed by atoms with van der Waals surface area (Å²) in [7, 11) is 0. The summed E-state index contributed by atoms with van der Waals surface area (Å²) in [5, 5.41) is 11.9. The van der Waals surface area contributed by atoms with Gasteiger partial charge in [-0.05, 0) is 55.5 Å². The van der Waals surface area contributed by atoms with E-state index < -0.39 is 0 Å². The molecule has 0 bridgehead atoms. The first-order valence-corrected chi connectivity index (χ1v) is 6.44. The fraction of sp³-hybridized carbons (Fsp3) is 0.909. The third-order valence-electron chi connectivity index (χ3n) is 3.03. The SMILES string of the molecule is CCOC(c1nnnn1CCCCN)C1CC1. The van der Waals surface area contributed by atoms with E-state index in [1.54, 1.807) is 0 Å². The molecular formula is C11H21N5O. The van der Waals surface area contributed by atoms with Crippen molar-refractivity contribution in [1.82, 2.24) is 20.2 Å². The molecule has 0 aliphatic heterocycles. The highest BCUT2D eigenvalue weighted by Gasteiger charge is 2.36. The van der Waals surface area contributed by atoms with Crippen molar-refractivity contribution in [1.29, 1.82) is 0 Å². The Morgan fingerprint density at radius 3 is 2.94 bits per heavy atom. The minimum atomic E-state index is 0.0767. The fourth-order valence-corrected chi connectivity index (χ4v) is 1.98. The summed E-state index contributed by atoms with van der Waals surface area (Å²) in [5.41, 5.74) is 5.49. The largest absolute Gasteiger partial charge is 0.370 e. The Hall–Kier alpha value is -1.01. The summed E-state index contributed by atoms with van der Waals surface area (Å²) in [6, 6.07) is 0. The Kier molecular flexibility index (Phi) is 4.44. The normalized spacial score (nSPS) is 17.3. The average molecular weight is 239 g/mol. The third-order valence-corrected chi connectivity index (χ3v) is 3.03. The predicted molar refractivity (Wildman–Crippen MR) is 63.2 cm³/mol. The van der Waals surface area contributed by atoms with E-state index in [0.717, 1.165) is 31.8 Å². The molecule has 6 heteroatoms. The van der Waals surface area contributed by atoms with Crippen LogP contribution in [0.1, 0.15) is 44.5 Å². The third kappa shape index (κ3) is 3.23.